The molecule has 3 aromatic rings. The predicted molar refractivity (Wildman–Crippen MR) is 112 cm³/mol. The molecule has 1 saturated heterocycles. The number of benzene rings is 1. The second kappa shape index (κ2) is 6.55. The van der Waals surface area contributed by atoms with Crippen LogP contribution in [-0.4, -0.2) is 27.2 Å². The Morgan fingerprint density at radius 3 is 2.22 bits per heavy atom. The van der Waals surface area contributed by atoms with Crippen molar-refractivity contribution in [2.75, 3.05) is 18.0 Å². The molecular formula is C22H28N4O. The summed E-state index contributed by atoms with van der Waals surface area (Å²) in [6.45, 7) is 8.29. The molecule has 1 fully saturated rings. The summed E-state index contributed by atoms with van der Waals surface area (Å²) in [5.74, 6) is 0.789. The number of rotatable bonds is 2. The van der Waals surface area contributed by atoms with Crippen molar-refractivity contribution in [2.45, 2.75) is 40.0 Å². The average Bonchev–Trinajstić information content (AvgIpc) is 2.94. The Hall–Kier alpha value is -2.56. The van der Waals surface area contributed by atoms with E-state index in [0.717, 1.165) is 54.0 Å². The lowest BCUT2D eigenvalue weighted by molar-refractivity contribution is 0.558. The Balaban J connectivity index is 1.98. The van der Waals surface area contributed by atoms with Crippen LogP contribution in [0.1, 0.15) is 36.0 Å². The first-order valence-electron chi connectivity index (χ1n) is 9.77. The van der Waals surface area contributed by atoms with Crippen LogP contribution in [0.25, 0.3) is 22.2 Å². The lowest BCUT2D eigenvalue weighted by Crippen LogP contribution is -2.35. The van der Waals surface area contributed by atoms with Crippen molar-refractivity contribution in [3.63, 3.8) is 0 Å². The van der Waals surface area contributed by atoms with Gasteiger partial charge in [-0.15, -0.1) is 0 Å². The van der Waals surface area contributed by atoms with Crippen LogP contribution in [0.15, 0.2) is 23.1 Å². The topological polar surface area (TPSA) is 43.1 Å². The van der Waals surface area contributed by atoms with Crippen LogP contribution in [0.3, 0.4) is 0 Å². The summed E-state index contributed by atoms with van der Waals surface area (Å²) in [4.78, 5) is 20.6. The summed E-state index contributed by atoms with van der Waals surface area (Å²) in [5, 5.41) is 0.718. The van der Waals surface area contributed by atoms with Crippen molar-refractivity contribution in [2.24, 2.45) is 14.1 Å². The van der Waals surface area contributed by atoms with Crippen molar-refractivity contribution in [1.82, 2.24) is 14.1 Å². The van der Waals surface area contributed by atoms with Gasteiger partial charge in [-0.25, -0.2) is 0 Å². The zero-order valence-electron chi connectivity index (χ0n) is 17.0. The first-order chi connectivity index (χ1) is 12.9. The highest BCUT2D eigenvalue weighted by Crippen LogP contribution is 2.34. The summed E-state index contributed by atoms with van der Waals surface area (Å²) >= 11 is 0. The highest BCUT2D eigenvalue weighted by molar-refractivity contribution is 5.95. The predicted octanol–water partition coefficient (Wildman–Crippen LogP) is 3.85. The van der Waals surface area contributed by atoms with Gasteiger partial charge in [-0.2, -0.15) is 4.98 Å². The molecular weight excluding hydrogens is 336 g/mol. The molecule has 0 saturated carbocycles. The summed E-state index contributed by atoms with van der Waals surface area (Å²) in [7, 11) is 3.83. The van der Waals surface area contributed by atoms with E-state index < -0.39 is 0 Å². The number of anilines is 1. The van der Waals surface area contributed by atoms with E-state index in [1.807, 2.05) is 18.7 Å². The molecule has 142 valence electrons. The van der Waals surface area contributed by atoms with Crippen LogP contribution in [0.5, 0.6) is 0 Å². The molecule has 5 heteroatoms. The molecule has 1 aromatic carbocycles. The van der Waals surface area contributed by atoms with E-state index in [0.29, 0.717) is 0 Å². The van der Waals surface area contributed by atoms with E-state index in [1.54, 1.807) is 4.57 Å². The largest absolute Gasteiger partial charge is 0.342 e. The third-order valence-corrected chi connectivity index (χ3v) is 5.76. The van der Waals surface area contributed by atoms with E-state index >= 15 is 0 Å². The Kier molecular flexibility index (Phi) is 4.33. The molecule has 0 bridgehead atoms. The van der Waals surface area contributed by atoms with Gasteiger partial charge >= 0.3 is 0 Å². The standard InChI is InChI=1S/C22H28N4O/c1-14-11-15(2)18(16(3)12-14)17-13-24(4)20-19(17)21(27)25(5)22(23-20)26-9-7-6-8-10-26/h11-13H,6-10H2,1-5H3. The second-order valence-corrected chi connectivity index (χ2v) is 7.95. The van der Waals surface area contributed by atoms with Gasteiger partial charge in [0.1, 0.15) is 5.65 Å². The molecule has 5 nitrogen and oxygen atoms in total. The zero-order chi connectivity index (χ0) is 19.3. The SMILES string of the molecule is Cc1cc(C)c(-c2cn(C)c3nc(N4CCCCC4)n(C)c(=O)c23)c(C)c1. The summed E-state index contributed by atoms with van der Waals surface area (Å²) in [6, 6.07) is 4.36. The summed E-state index contributed by atoms with van der Waals surface area (Å²) in [5.41, 5.74) is 6.58. The van der Waals surface area contributed by atoms with Crippen molar-refractivity contribution < 1.29 is 0 Å². The Labute approximate surface area is 160 Å². The van der Waals surface area contributed by atoms with Crippen molar-refractivity contribution in [3.8, 4) is 11.1 Å². The second-order valence-electron chi connectivity index (χ2n) is 7.95. The minimum atomic E-state index is 0.0375. The number of aryl methyl sites for hydroxylation is 4. The van der Waals surface area contributed by atoms with Crippen LogP contribution in [0.2, 0.25) is 0 Å². The van der Waals surface area contributed by atoms with Crippen LogP contribution >= 0.6 is 0 Å². The van der Waals surface area contributed by atoms with Crippen molar-refractivity contribution >= 4 is 17.0 Å². The number of nitrogens with zero attached hydrogens (tertiary/aromatic N) is 4. The van der Waals surface area contributed by atoms with Gasteiger partial charge in [0.05, 0.1) is 5.39 Å². The minimum absolute atomic E-state index is 0.0375. The summed E-state index contributed by atoms with van der Waals surface area (Å²) in [6.07, 6.45) is 5.64. The molecule has 27 heavy (non-hydrogen) atoms. The Bertz CT molecular complexity index is 1060. The van der Waals surface area contributed by atoms with E-state index in [9.17, 15) is 4.79 Å². The summed E-state index contributed by atoms with van der Waals surface area (Å²) < 4.78 is 3.73. The van der Waals surface area contributed by atoms with Gasteiger partial charge in [-0.3, -0.25) is 9.36 Å². The van der Waals surface area contributed by atoms with Gasteiger partial charge in [0.25, 0.3) is 5.56 Å². The maximum atomic E-state index is 13.4. The van der Waals surface area contributed by atoms with E-state index in [1.165, 1.54) is 23.1 Å². The third kappa shape index (κ3) is 2.85. The molecule has 1 aliphatic heterocycles. The van der Waals surface area contributed by atoms with E-state index in [4.69, 9.17) is 4.98 Å². The maximum absolute atomic E-state index is 13.4. The molecule has 0 amide bonds. The first-order valence-corrected chi connectivity index (χ1v) is 9.77. The maximum Gasteiger partial charge on any atom is 0.264 e. The van der Waals surface area contributed by atoms with Gasteiger partial charge in [-0.1, -0.05) is 17.7 Å². The lowest BCUT2D eigenvalue weighted by atomic mass is 9.94. The highest BCUT2D eigenvalue weighted by Gasteiger charge is 2.22. The molecule has 0 aliphatic carbocycles. The van der Waals surface area contributed by atoms with Crippen LogP contribution in [0.4, 0.5) is 5.95 Å². The van der Waals surface area contributed by atoms with Gasteiger partial charge in [0.15, 0.2) is 0 Å². The molecule has 3 heterocycles. The third-order valence-electron chi connectivity index (χ3n) is 5.76. The smallest absolute Gasteiger partial charge is 0.264 e. The molecule has 4 rings (SSSR count). The fraction of sp³-hybridized carbons (Fsp3) is 0.455. The number of aromatic nitrogens is 3. The fourth-order valence-corrected chi connectivity index (χ4v) is 4.56. The molecule has 0 spiro atoms. The molecule has 2 aromatic heterocycles. The molecule has 0 N–H and O–H groups in total. The number of hydrogen-bond acceptors (Lipinski definition) is 3. The van der Waals surface area contributed by atoms with E-state index in [-0.39, 0.29) is 5.56 Å². The molecule has 1 aliphatic rings. The quantitative estimate of drug-likeness (QED) is 0.694. The monoisotopic (exact) mass is 364 g/mol. The normalized spacial score (nSPS) is 14.9. The molecule has 0 atom stereocenters. The van der Waals surface area contributed by atoms with Crippen LogP contribution in [0, 0.1) is 20.8 Å². The lowest BCUT2D eigenvalue weighted by Gasteiger charge is -2.28. The van der Waals surface area contributed by atoms with Gasteiger partial charge in [-0.05, 0) is 56.7 Å². The van der Waals surface area contributed by atoms with Crippen molar-refractivity contribution in [3.05, 3.63) is 45.4 Å². The molecule has 0 unspecified atom stereocenters. The van der Waals surface area contributed by atoms with Crippen LogP contribution in [-0.2, 0) is 14.1 Å². The van der Waals surface area contributed by atoms with E-state index in [2.05, 4.69) is 44.0 Å². The zero-order valence-corrected chi connectivity index (χ0v) is 17.0. The van der Waals surface area contributed by atoms with Crippen LogP contribution < -0.4 is 10.5 Å². The Morgan fingerprint density at radius 2 is 1.59 bits per heavy atom. The Morgan fingerprint density at radius 1 is 0.963 bits per heavy atom. The van der Waals surface area contributed by atoms with Gasteiger partial charge < -0.3 is 9.47 Å². The average molecular weight is 364 g/mol. The van der Waals surface area contributed by atoms with Gasteiger partial charge in [0, 0.05) is 38.9 Å². The number of piperidine rings is 1. The fourth-order valence-electron chi connectivity index (χ4n) is 4.56. The minimum Gasteiger partial charge on any atom is -0.342 e. The van der Waals surface area contributed by atoms with Crippen molar-refractivity contribution in [1.29, 1.82) is 0 Å². The molecule has 0 radical (unpaired) electrons. The highest BCUT2D eigenvalue weighted by atomic mass is 16.1. The number of hydrogen-bond donors (Lipinski definition) is 0. The number of fused-ring (bicyclic) bond motifs is 1. The first kappa shape index (κ1) is 17.8. The van der Waals surface area contributed by atoms with Gasteiger partial charge in [0.2, 0.25) is 5.95 Å².